The van der Waals surface area contributed by atoms with Gasteiger partial charge in [-0.3, -0.25) is 14.5 Å². The largest absolute Gasteiger partial charge is 0.497 e. The first-order valence-corrected chi connectivity index (χ1v) is 14.6. The van der Waals surface area contributed by atoms with Gasteiger partial charge in [0.1, 0.15) is 23.9 Å². The van der Waals surface area contributed by atoms with Crippen LogP contribution in [0.25, 0.3) is 16.9 Å². The van der Waals surface area contributed by atoms with Crippen LogP contribution in [0.2, 0.25) is 0 Å². The van der Waals surface area contributed by atoms with E-state index in [2.05, 4.69) is 11.4 Å². The maximum Gasteiger partial charge on any atom is 0.240 e. The third kappa shape index (κ3) is 5.15. The van der Waals surface area contributed by atoms with E-state index in [1.54, 1.807) is 58.2 Å². The summed E-state index contributed by atoms with van der Waals surface area (Å²) < 4.78 is 12.5. The minimum Gasteiger partial charge on any atom is -0.497 e. The fourth-order valence-electron chi connectivity index (χ4n) is 4.70. The van der Waals surface area contributed by atoms with Gasteiger partial charge in [0.25, 0.3) is 0 Å². The van der Waals surface area contributed by atoms with Crippen LogP contribution in [-0.2, 0) is 16.1 Å². The number of thiophene rings is 1. The number of aromatic nitrogens is 2. The highest BCUT2D eigenvalue weighted by Gasteiger charge is 2.38. The van der Waals surface area contributed by atoms with Crippen LogP contribution in [0.4, 0.5) is 5.82 Å². The Kier molecular flexibility index (Phi) is 7.43. The molecule has 1 N–H and O–H groups in total. The summed E-state index contributed by atoms with van der Waals surface area (Å²) in [7, 11) is 1.62. The topological polar surface area (TPSA) is 89.6 Å². The molecule has 0 unspecified atom stereocenters. The van der Waals surface area contributed by atoms with Gasteiger partial charge in [-0.2, -0.15) is 5.10 Å². The summed E-state index contributed by atoms with van der Waals surface area (Å²) in [5.74, 6) is 1.71. The molecule has 4 heterocycles. The van der Waals surface area contributed by atoms with Crippen molar-refractivity contribution < 1.29 is 18.7 Å². The predicted octanol–water partition coefficient (Wildman–Crippen LogP) is 5.69. The minimum atomic E-state index is -0.293. The zero-order valence-electron chi connectivity index (χ0n) is 21.7. The quantitative estimate of drug-likeness (QED) is 0.258. The van der Waals surface area contributed by atoms with Gasteiger partial charge in [-0.15, -0.1) is 23.1 Å². The maximum absolute atomic E-state index is 13.7. The van der Waals surface area contributed by atoms with Crippen molar-refractivity contribution in [1.82, 2.24) is 15.1 Å². The number of carbonyl (C=O) groups is 2. The van der Waals surface area contributed by atoms with Crippen molar-refractivity contribution in [3.05, 3.63) is 107 Å². The van der Waals surface area contributed by atoms with Crippen molar-refractivity contribution in [1.29, 1.82) is 0 Å². The van der Waals surface area contributed by atoms with Crippen LogP contribution in [0.3, 0.4) is 0 Å². The Balaban J connectivity index is 1.51. The predicted molar refractivity (Wildman–Crippen MR) is 157 cm³/mol. The van der Waals surface area contributed by atoms with Crippen LogP contribution < -0.4 is 15.0 Å². The Bertz CT molecular complexity index is 1600. The molecular weight excluding hydrogens is 544 g/mol. The van der Waals surface area contributed by atoms with Crippen LogP contribution >= 0.6 is 23.1 Å². The molecule has 1 atom stereocenters. The zero-order chi connectivity index (χ0) is 27.5. The van der Waals surface area contributed by atoms with Gasteiger partial charge in [0.2, 0.25) is 11.8 Å². The van der Waals surface area contributed by atoms with E-state index in [4.69, 9.17) is 14.3 Å². The molecule has 0 radical (unpaired) electrons. The van der Waals surface area contributed by atoms with E-state index < -0.39 is 0 Å². The molecule has 0 saturated carbocycles. The third-order valence-electron chi connectivity index (χ3n) is 6.60. The van der Waals surface area contributed by atoms with Gasteiger partial charge < -0.3 is 14.5 Å². The average molecular weight is 571 g/mol. The van der Waals surface area contributed by atoms with Crippen molar-refractivity contribution in [2.24, 2.45) is 0 Å². The summed E-state index contributed by atoms with van der Waals surface area (Å²) in [5.41, 5.74) is 3.36. The number of nitrogens with one attached hydrogen (secondary N) is 1. The SMILES string of the molecule is COc1ccc(-n2nc(-c3ccccc3)c3c2N(CC(=O)NCc2ccco2)C(=O)CS[C@H]3c2cccs2)cc1. The smallest absolute Gasteiger partial charge is 0.240 e. The molecule has 0 aliphatic carbocycles. The fourth-order valence-corrected chi connectivity index (χ4v) is 6.87. The van der Waals surface area contributed by atoms with E-state index in [1.165, 1.54) is 0 Å². The second-order valence-electron chi connectivity index (χ2n) is 9.10. The Hall–Kier alpha value is -4.28. The summed E-state index contributed by atoms with van der Waals surface area (Å²) in [6.07, 6.45) is 1.56. The van der Waals surface area contributed by atoms with Crippen LogP contribution in [0.1, 0.15) is 21.5 Å². The minimum absolute atomic E-state index is 0.141. The van der Waals surface area contributed by atoms with Crippen molar-refractivity contribution in [3.63, 3.8) is 0 Å². The Morgan fingerprint density at radius 3 is 2.60 bits per heavy atom. The summed E-state index contributed by atoms with van der Waals surface area (Å²) in [5, 5.41) is 9.87. The first kappa shape index (κ1) is 26.0. The number of thioether (sulfide) groups is 1. The van der Waals surface area contributed by atoms with E-state index in [-0.39, 0.29) is 35.9 Å². The van der Waals surface area contributed by atoms with Crippen LogP contribution in [0.5, 0.6) is 5.75 Å². The number of carbonyl (C=O) groups excluding carboxylic acids is 2. The van der Waals surface area contributed by atoms with E-state index in [9.17, 15) is 9.59 Å². The van der Waals surface area contributed by atoms with Crippen LogP contribution in [0.15, 0.2) is 94.9 Å². The van der Waals surface area contributed by atoms with E-state index in [0.717, 1.165) is 27.4 Å². The number of methoxy groups -OCH3 is 1. The summed E-state index contributed by atoms with van der Waals surface area (Å²) in [6, 6.07) is 25.1. The van der Waals surface area contributed by atoms with Crippen molar-refractivity contribution >= 4 is 40.7 Å². The van der Waals surface area contributed by atoms with Gasteiger partial charge in [-0.1, -0.05) is 36.4 Å². The van der Waals surface area contributed by atoms with Crippen molar-refractivity contribution in [2.45, 2.75) is 11.8 Å². The van der Waals surface area contributed by atoms with Gasteiger partial charge in [-0.05, 0) is 47.8 Å². The number of rotatable bonds is 8. The number of amides is 2. The lowest BCUT2D eigenvalue weighted by Gasteiger charge is -2.23. The van der Waals surface area contributed by atoms with Gasteiger partial charge >= 0.3 is 0 Å². The first-order chi connectivity index (χ1) is 19.6. The second-order valence-corrected chi connectivity index (χ2v) is 11.2. The molecular formula is C30H26N4O4S2. The number of benzene rings is 2. The molecule has 1 aliphatic rings. The van der Waals surface area contributed by atoms with E-state index >= 15 is 0 Å². The molecule has 0 bridgehead atoms. The molecule has 202 valence electrons. The van der Waals surface area contributed by atoms with E-state index in [0.29, 0.717) is 17.3 Å². The number of fused-ring (bicyclic) bond motifs is 1. The molecule has 5 aromatic rings. The lowest BCUT2D eigenvalue weighted by molar-refractivity contribution is -0.123. The highest BCUT2D eigenvalue weighted by molar-refractivity contribution is 8.00. The van der Waals surface area contributed by atoms with E-state index in [1.807, 2.05) is 66.0 Å². The monoisotopic (exact) mass is 570 g/mol. The molecule has 8 nitrogen and oxygen atoms in total. The second kappa shape index (κ2) is 11.4. The summed E-state index contributed by atoms with van der Waals surface area (Å²) in [6.45, 7) is 0.0840. The fraction of sp³-hybridized carbons (Fsp3) is 0.167. The Morgan fingerprint density at radius 1 is 1.07 bits per heavy atom. The van der Waals surface area contributed by atoms with Gasteiger partial charge in [0.05, 0.1) is 42.3 Å². The summed E-state index contributed by atoms with van der Waals surface area (Å²) >= 11 is 3.20. The van der Waals surface area contributed by atoms with Gasteiger partial charge in [0.15, 0.2) is 0 Å². The highest BCUT2D eigenvalue weighted by Crippen LogP contribution is 2.49. The van der Waals surface area contributed by atoms with Crippen molar-refractivity contribution in [3.8, 4) is 22.7 Å². The number of ether oxygens (including phenoxy) is 1. The molecule has 3 aromatic heterocycles. The first-order valence-electron chi connectivity index (χ1n) is 12.7. The molecule has 0 spiro atoms. The third-order valence-corrected chi connectivity index (χ3v) is 8.92. The standard InChI is InChI=1S/C30H26N4O4S2/c1-37-22-13-11-21(12-14-22)34-30-27(28(32-34)20-7-3-2-4-8-20)29(24-10-6-16-39-24)40-19-26(36)33(30)18-25(35)31-17-23-9-5-15-38-23/h2-16,29H,17-19H2,1H3,(H,31,35)/t29-/m0/s1. The van der Waals surface area contributed by atoms with Gasteiger partial charge in [0, 0.05) is 16.0 Å². The average Bonchev–Trinajstić information content (AvgIpc) is 3.77. The molecule has 6 rings (SSSR count). The lowest BCUT2D eigenvalue weighted by Crippen LogP contribution is -2.42. The Labute approximate surface area is 239 Å². The maximum atomic E-state index is 13.7. The normalized spacial score (nSPS) is 15.0. The molecule has 2 amide bonds. The number of furan rings is 1. The molecule has 10 heteroatoms. The molecule has 1 aliphatic heterocycles. The number of hydrogen-bond acceptors (Lipinski definition) is 7. The van der Waals surface area contributed by atoms with Crippen LogP contribution in [0, 0.1) is 0 Å². The van der Waals surface area contributed by atoms with Crippen molar-refractivity contribution in [2.75, 3.05) is 24.3 Å². The Morgan fingerprint density at radius 2 is 1.90 bits per heavy atom. The number of anilines is 1. The molecule has 0 fully saturated rings. The van der Waals surface area contributed by atoms with Crippen LogP contribution in [-0.4, -0.2) is 41.0 Å². The molecule has 0 saturated heterocycles. The molecule has 2 aromatic carbocycles. The number of hydrogen-bond donors (Lipinski definition) is 1. The zero-order valence-corrected chi connectivity index (χ0v) is 23.3. The summed E-state index contributed by atoms with van der Waals surface area (Å²) in [4.78, 5) is 29.6. The lowest BCUT2D eigenvalue weighted by atomic mass is 10.0. The number of nitrogens with zero attached hydrogens (tertiary/aromatic N) is 3. The van der Waals surface area contributed by atoms with Gasteiger partial charge in [-0.25, -0.2) is 4.68 Å². The molecule has 40 heavy (non-hydrogen) atoms. The highest BCUT2D eigenvalue weighted by atomic mass is 32.2.